The van der Waals surface area contributed by atoms with Crippen LogP contribution in [0.4, 0.5) is 5.69 Å². The molecule has 0 aliphatic carbocycles. The molecule has 104 valence electrons. The van der Waals surface area contributed by atoms with Crippen molar-refractivity contribution in [3.8, 4) is 0 Å². The molecule has 21 heavy (non-hydrogen) atoms. The summed E-state index contributed by atoms with van der Waals surface area (Å²) < 4.78 is 0. The minimum absolute atomic E-state index is 0.226. The van der Waals surface area contributed by atoms with Crippen molar-refractivity contribution in [1.82, 2.24) is 10.2 Å². The van der Waals surface area contributed by atoms with Crippen LogP contribution < -0.4 is 16.4 Å². The number of hydrogen-bond acceptors (Lipinski definition) is 3. The molecule has 1 heterocycles. The number of carbonyl (C=O) groups excluding carboxylic acids is 1. The number of rotatable bonds is 2. The Morgan fingerprint density at radius 2 is 1.52 bits per heavy atom. The van der Waals surface area contributed by atoms with E-state index in [-0.39, 0.29) is 22.2 Å². The van der Waals surface area contributed by atoms with Gasteiger partial charge in [-0.05, 0) is 30.3 Å². The molecule has 0 aliphatic rings. The summed E-state index contributed by atoms with van der Waals surface area (Å²) in [7, 11) is 0. The summed E-state index contributed by atoms with van der Waals surface area (Å²) in [6, 6.07) is 13.3. The Labute approximate surface area is 118 Å². The van der Waals surface area contributed by atoms with E-state index in [9.17, 15) is 14.4 Å². The SMILES string of the molecule is O=C(Nc1ccc2c(=O)[nH][nH]c(=O)c2c1)c1ccccc1. The zero-order valence-corrected chi connectivity index (χ0v) is 10.8. The molecule has 0 unspecified atom stereocenters. The second-order valence-electron chi connectivity index (χ2n) is 4.49. The highest BCUT2D eigenvalue weighted by Gasteiger charge is 2.08. The van der Waals surface area contributed by atoms with Gasteiger partial charge in [-0.2, -0.15) is 0 Å². The number of aromatic amines is 2. The van der Waals surface area contributed by atoms with E-state index in [0.29, 0.717) is 11.3 Å². The third-order valence-electron chi connectivity index (χ3n) is 3.09. The van der Waals surface area contributed by atoms with Gasteiger partial charge in [0.2, 0.25) is 0 Å². The minimum atomic E-state index is -0.416. The van der Waals surface area contributed by atoms with Gasteiger partial charge >= 0.3 is 0 Å². The van der Waals surface area contributed by atoms with Crippen LogP contribution in [0.5, 0.6) is 0 Å². The number of hydrogen-bond donors (Lipinski definition) is 3. The summed E-state index contributed by atoms with van der Waals surface area (Å²) in [5.74, 6) is -0.281. The molecule has 0 atom stereocenters. The monoisotopic (exact) mass is 281 g/mol. The van der Waals surface area contributed by atoms with E-state index in [0.717, 1.165) is 0 Å². The quantitative estimate of drug-likeness (QED) is 0.663. The smallest absolute Gasteiger partial charge is 0.270 e. The second-order valence-corrected chi connectivity index (χ2v) is 4.49. The first-order chi connectivity index (χ1) is 10.1. The Hall–Kier alpha value is -3.15. The molecular weight excluding hydrogens is 270 g/mol. The van der Waals surface area contributed by atoms with Crippen LogP contribution in [-0.4, -0.2) is 16.1 Å². The molecule has 0 fully saturated rings. The Morgan fingerprint density at radius 3 is 2.24 bits per heavy atom. The molecule has 1 aromatic heterocycles. The maximum absolute atomic E-state index is 12.0. The minimum Gasteiger partial charge on any atom is -0.322 e. The van der Waals surface area contributed by atoms with Crippen molar-refractivity contribution in [1.29, 1.82) is 0 Å². The summed E-state index contributed by atoms with van der Waals surface area (Å²) >= 11 is 0. The van der Waals surface area contributed by atoms with Crippen LogP contribution >= 0.6 is 0 Å². The van der Waals surface area contributed by atoms with Crippen LogP contribution in [0.1, 0.15) is 10.4 Å². The molecule has 0 saturated heterocycles. The molecule has 2 aromatic carbocycles. The summed E-state index contributed by atoms with van der Waals surface area (Å²) in [4.78, 5) is 35.3. The Kier molecular flexibility index (Phi) is 3.12. The lowest BCUT2D eigenvalue weighted by atomic mass is 10.1. The zero-order valence-electron chi connectivity index (χ0n) is 10.8. The molecule has 0 saturated carbocycles. The number of H-pyrrole nitrogens is 2. The van der Waals surface area contributed by atoms with Gasteiger partial charge in [-0.15, -0.1) is 0 Å². The third-order valence-corrected chi connectivity index (χ3v) is 3.09. The van der Waals surface area contributed by atoms with Crippen LogP contribution in [-0.2, 0) is 0 Å². The van der Waals surface area contributed by atoms with E-state index in [2.05, 4.69) is 15.5 Å². The molecule has 0 aliphatic heterocycles. The Bertz CT molecular complexity index is 926. The van der Waals surface area contributed by atoms with E-state index in [1.54, 1.807) is 30.3 Å². The number of amides is 1. The normalized spacial score (nSPS) is 10.5. The van der Waals surface area contributed by atoms with E-state index in [1.807, 2.05) is 6.07 Å². The summed E-state index contributed by atoms with van der Waals surface area (Å²) in [6.07, 6.45) is 0. The number of aromatic nitrogens is 2. The Balaban J connectivity index is 1.99. The van der Waals surface area contributed by atoms with Crippen LogP contribution in [0.25, 0.3) is 10.8 Å². The number of carbonyl (C=O) groups is 1. The molecular formula is C15H11N3O3. The predicted octanol–water partition coefficient (Wildman–Crippen LogP) is 1.47. The molecule has 1 amide bonds. The van der Waals surface area contributed by atoms with Crippen molar-refractivity contribution in [3.05, 3.63) is 74.8 Å². The standard InChI is InChI=1S/C15H11N3O3/c19-13(9-4-2-1-3-5-9)16-10-6-7-11-12(8-10)15(21)18-17-14(11)20/h1-8H,(H,16,19)(H,17,20)(H,18,21). The number of anilines is 1. The highest BCUT2D eigenvalue weighted by Crippen LogP contribution is 2.14. The van der Waals surface area contributed by atoms with Crippen LogP contribution in [0, 0.1) is 0 Å². The molecule has 0 bridgehead atoms. The fourth-order valence-corrected chi connectivity index (χ4v) is 2.05. The average molecular weight is 281 g/mol. The molecule has 6 nitrogen and oxygen atoms in total. The highest BCUT2D eigenvalue weighted by atomic mass is 16.2. The molecule has 3 aromatic rings. The van der Waals surface area contributed by atoms with Crippen molar-refractivity contribution >= 4 is 22.4 Å². The topological polar surface area (TPSA) is 94.8 Å². The summed E-state index contributed by atoms with van der Waals surface area (Å²) in [5, 5.41) is 7.69. The average Bonchev–Trinajstić information content (AvgIpc) is 2.52. The Morgan fingerprint density at radius 1 is 0.857 bits per heavy atom. The van der Waals surface area contributed by atoms with Gasteiger partial charge < -0.3 is 5.32 Å². The van der Waals surface area contributed by atoms with Gasteiger partial charge in [0.15, 0.2) is 0 Å². The van der Waals surface area contributed by atoms with Gasteiger partial charge in [0.1, 0.15) is 0 Å². The first kappa shape index (κ1) is 12.9. The lowest BCUT2D eigenvalue weighted by Crippen LogP contribution is -2.19. The van der Waals surface area contributed by atoms with Crippen LogP contribution in [0.15, 0.2) is 58.1 Å². The third kappa shape index (κ3) is 2.46. The fraction of sp³-hybridized carbons (Fsp3) is 0. The summed E-state index contributed by atoms with van der Waals surface area (Å²) in [5.41, 5.74) is 0.163. The lowest BCUT2D eigenvalue weighted by molar-refractivity contribution is 0.102. The number of nitrogens with one attached hydrogen (secondary N) is 3. The van der Waals surface area contributed by atoms with E-state index in [1.165, 1.54) is 12.1 Å². The van der Waals surface area contributed by atoms with Crippen LogP contribution in [0.3, 0.4) is 0 Å². The van der Waals surface area contributed by atoms with Gasteiger partial charge in [0.25, 0.3) is 17.0 Å². The maximum atomic E-state index is 12.0. The molecule has 3 N–H and O–H groups in total. The molecule has 0 radical (unpaired) electrons. The predicted molar refractivity (Wildman–Crippen MR) is 79.6 cm³/mol. The van der Waals surface area contributed by atoms with Gasteiger partial charge in [0, 0.05) is 11.3 Å². The number of fused-ring (bicyclic) bond motifs is 1. The van der Waals surface area contributed by atoms with E-state index in [4.69, 9.17) is 0 Å². The van der Waals surface area contributed by atoms with Crippen molar-refractivity contribution in [3.63, 3.8) is 0 Å². The van der Waals surface area contributed by atoms with E-state index >= 15 is 0 Å². The highest BCUT2D eigenvalue weighted by molar-refractivity contribution is 6.05. The van der Waals surface area contributed by atoms with Crippen molar-refractivity contribution in [2.75, 3.05) is 5.32 Å². The van der Waals surface area contributed by atoms with Gasteiger partial charge in [-0.1, -0.05) is 18.2 Å². The van der Waals surface area contributed by atoms with Gasteiger partial charge in [-0.3, -0.25) is 24.6 Å². The first-order valence-electron chi connectivity index (χ1n) is 6.26. The van der Waals surface area contributed by atoms with Crippen molar-refractivity contribution in [2.45, 2.75) is 0 Å². The van der Waals surface area contributed by atoms with Crippen molar-refractivity contribution in [2.24, 2.45) is 0 Å². The molecule has 6 heteroatoms. The van der Waals surface area contributed by atoms with Gasteiger partial charge in [0.05, 0.1) is 10.8 Å². The maximum Gasteiger partial charge on any atom is 0.270 e. The fourth-order valence-electron chi connectivity index (χ4n) is 2.05. The van der Waals surface area contributed by atoms with E-state index < -0.39 is 5.56 Å². The lowest BCUT2D eigenvalue weighted by Gasteiger charge is -2.06. The van der Waals surface area contributed by atoms with Gasteiger partial charge in [-0.25, -0.2) is 0 Å². The zero-order chi connectivity index (χ0) is 14.8. The van der Waals surface area contributed by atoms with Crippen molar-refractivity contribution < 1.29 is 4.79 Å². The number of benzene rings is 2. The largest absolute Gasteiger partial charge is 0.322 e. The molecule has 0 spiro atoms. The second kappa shape index (κ2) is 5.09. The molecule has 3 rings (SSSR count). The van der Waals surface area contributed by atoms with Crippen LogP contribution in [0.2, 0.25) is 0 Å². The first-order valence-corrected chi connectivity index (χ1v) is 6.26. The summed E-state index contributed by atoms with van der Waals surface area (Å²) in [6.45, 7) is 0.